The smallest absolute Gasteiger partial charge is 0.0318 e. The first-order valence-corrected chi connectivity index (χ1v) is 7.21. The monoisotopic (exact) mass is 246 g/mol. The van der Waals surface area contributed by atoms with Crippen molar-refractivity contribution >= 4 is 0 Å². The van der Waals surface area contributed by atoms with Gasteiger partial charge in [0.1, 0.15) is 0 Å². The van der Waals surface area contributed by atoms with Crippen molar-refractivity contribution in [3.8, 4) is 0 Å². The summed E-state index contributed by atoms with van der Waals surface area (Å²) in [5, 5.41) is 3.68. The molecule has 2 rings (SSSR count). The third kappa shape index (κ3) is 3.82. The van der Waals surface area contributed by atoms with E-state index >= 15 is 0 Å². The number of benzene rings is 1. The fourth-order valence-electron chi connectivity index (χ4n) is 2.41. The molecule has 18 heavy (non-hydrogen) atoms. The topological polar surface area (TPSA) is 15.3 Å². The number of nitrogens with one attached hydrogen (secondary N) is 1. The number of rotatable bonds is 7. The molecule has 0 aliphatic heterocycles. The Hall–Kier alpha value is -0.860. The summed E-state index contributed by atoms with van der Waals surface area (Å²) in [6.07, 6.45) is 3.94. The molecule has 2 heteroatoms. The predicted molar refractivity (Wildman–Crippen MR) is 77.9 cm³/mol. The van der Waals surface area contributed by atoms with Crippen LogP contribution in [0, 0.1) is 6.92 Å². The van der Waals surface area contributed by atoms with Crippen LogP contribution in [0.3, 0.4) is 0 Å². The van der Waals surface area contributed by atoms with E-state index in [1.807, 2.05) is 0 Å². The maximum atomic E-state index is 3.68. The largest absolute Gasteiger partial charge is 0.309 e. The molecule has 0 aromatic heterocycles. The Morgan fingerprint density at radius 1 is 1.28 bits per heavy atom. The molecule has 0 bridgehead atoms. The van der Waals surface area contributed by atoms with Gasteiger partial charge in [0.2, 0.25) is 0 Å². The Kier molecular flexibility index (Phi) is 4.79. The maximum absolute atomic E-state index is 3.68. The molecule has 1 saturated carbocycles. The number of aryl methyl sites for hydroxylation is 1. The normalized spacial score (nSPS) is 17.1. The van der Waals surface area contributed by atoms with Crippen molar-refractivity contribution < 1.29 is 0 Å². The molecule has 1 fully saturated rings. The average Bonchev–Trinajstić information content (AvgIpc) is 3.20. The Morgan fingerprint density at radius 2 is 1.94 bits per heavy atom. The molecule has 1 aliphatic carbocycles. The van der Waals surface area contributed by atoms with E-state index in [-0.39, 0.29) is 0 Å². The molecule has 0 radical (unpaired) electrons. The number of hydrogen-bond donors (Lipinski definition) is 1. The Bertz CT molecular complexity index is 354. The lowest BCUT2D eigenvalue weighted by Crippen LogP contribution is -2.32. The second kappa shape index (κ2) is 6.35. The molecule has 0 heterocycles. The summed E-state index contributed by atoms with van der Waals surface area (Å²) in [6, 6.07) is 10.3. The van der Waals surface area contributed by atoms with Gasteiger partial charge in [-0.15, -0.1) is 0 Å². The molecule has 1 atom stereocenters. The Morgan fingerprint density at radius 3 is 2.50 bits per heavy atom. The summed E-state index contributed by atoms with van der Waals surface area (Å²) in [5.74, 6) is 0. The van der Waals surface area contributed by atoms with Crippen molar-refractivity contribution in [1.82, 2.24) is 10.2 Å². The predicted octanol–water partition coefficient (Wildman–Crippen LogP) is 3.13. The van der Waals surface area contributed by atoms with Crippen LogP contribution in [-0.2, 0) is 0 Å². The lowest BCUT2D eigenvalue weighted by molar-refractivity contribution is 0.313. The van der Waals surface area contributed by atoms with Gasteiger partial charge in [-0.05, 0) is 38.8 Å². The van der Waals surface area contributed by atoms with Crippen LogP contribution in [0.25, 0.3) is 0 Å². The molecular formula is C16H26N2. The number of hydrogen-bond acceptors (Lipinski definition) is 2. The highest BCUT2D eigenvalue weighted by molar-refractivity contribution is 5.24. The van der Waals surface area contributed by atoms with E-state index in [4.69, 9.17) is 0 Å². The van der Waals surface area contributed by atoms with Crippen LogP contribution in [0.5, 0.6) is 0 Å². The van der Waals surface area contributed by atoms with Gasteiger partial charge in [-0.25, -0.2) is 0 Å². The van der Waals surface area contributed by atoms with Crippen LogP contribution >= 0.6 is 0 Å². The second-order valence-corrected chi connectivity index (χ2v) is 5.54. The first-order valence-electron chi connectivity index (χ1n) is 7.21. The van der Waals surface area contributed by atoms with Crippen molar-refractivity contribution in [3.05, 3.63) is 35.4 Å². The summed E-state index contributed by atoms with van der Waals surface area (Å²) in [4.78, 5) is 2.48. The van der Waals surface area contributed by atoms with Gasteiger partial charge in [0.15, 0.2) is 0 Å². The van der Waals surface area contributed by atoms with Crippen LogP contribution in [0.4, 0.5) is 0 Å². The van der Waals surface area contributed by atoms with Crippen LogP contribution < -0.4 is 5.32 Å². The molecule has 1 N–H and O–H groups in total. The van der Waals surface area contributed by atoms with Gasteiger partial charge in [-0.3, -0.25) is 0 Å². The number of nitrogens with zero attached hydrogens (tertiary/aromatic N) is 1. The van der Waals surface area contributed by atoms with Crippen LogP contribution in [-0.4, -0.2) is 31.1 Å². The average molecular weight is 246 g/mol. The van der Waals surface area contributed by atoms with Gasteiger partial charge in [0, 0.05) is 25.2 Å². The zero-order chi connectivity index (χ0) is 13.0. The molecule has 2 nitrogen and oxygen atoms in total. The van der Waals surface area contributed by atoms with Gasteiger partial charge >= 0.3 is 0 Å². The quantitative estimate of drug-likeness (QED) is 0.795. The zero-order valence-electron chi connectivity index (χ0n) is 11.9. The standard InChI is InChI=1S/C16H26N2/c1-4-16(14-7-5-13(2)6-8-14)17-11-12-18(3)15-9-10-15/h5-8,15-17H,4,9-12H2,1-3H3. The van der Waals surface area contributed by atoms with Gasteiger partial charge in [0.25, 0.3) is 0 Å². The summed E-state index contributed by atoms with van der Waals surface area (Å²) >= 11 is 0. The Labute approximate surface area is 111 Å². The molecule has 0 amide bonds. The summed E-state index contributed by atoms with van der Waals surface area (Å²) in [5.41, 5.74) is 2.75. The first-order chi connectivity index (χ1) is 8.70. The fraction of sp³-hybridized carbons (Fsp3) is 0.625. The molecule has 1 aromatic carbocycles. The van der Waals surface area contributed by atoms with Gasteiger partial charge < -0.3 is 10.2 Å². The van der Waals surface area contributed by atoms with E-state index < -0.39 is 0 Å². The zero-order valence-corrected chi connectivity index (χ0v) is 11.9. The lowest BCUT2D eigenvalue weighted by atomic mass is 10.0. The summed E-state index contributed by atoms with van der Waals surface area (Å²) in [7, 11) is 2.24. The molecule has 1 unspecified atom stereocenters. The highest BCUT2D eigenvalue weighted by Crippen LogP contribution is 2.24. The van der Waals surface area contributed by atoms with Crippen molar-refractivity contribution in [2.75, 3.05) is 20.1 Å². The minimum atomic E-state index is 0.498. The van der Waals surface area contributed by atoms with E-state index in [9.17, 15) is 0 Å². The highest BCUT2D eigenvalue weighted by atomic mass is 15.2. The third-order valence-corrected chi connectivity index (χ3v) is 3.91. The first kappa shape index (κ1) is 13.6. The maximum Gasteiger partial charge on any atom is 0.0318 e. The summed E-state index contributed by atoms with van der Waals surface area (Å²) < 4.78 is 0. The molecule has 100 valence electrons. The van der Waals surface area contributed by atoms with Gasteiger partial charge in [0.05, 0.1) is 0 Å². The molecule has 1 aliphatic rings. The van der Waals surface area contributed by atoms with E-state index in [1.165, 1.54) is 24.0 Å². The van der Waals surface area contributed by atoms with Crippen LogP contribution in [0.1, 0.15) is 43.4 Å². The van der Waals surface area contributed by atoms with Crippen LogP contribution in [0.15, 0.2) is 24.3 Å². The van der Waals surface area contributed by atoms with Gasteiger partial charge in [-0.1, -0.05) is 36.8 Å². The number of likely N-dealkylation sites (N-methyl/N-ethyl adjacent to an activating group) is 1. The Balaban J connectivity index is 1.79. The van der Waals surface area contributed by atoms with Crippen molar-refractivity contribution in [2.45, 2.75) is 45.2 Å². The van der Waals surface area contributed by atoms with Crippen LogP contribution in [0.2, 0.25) is 0 Å². The summed E-state index contributed by atoms with van der Waals surface area (Å²) in [6.45, 7) is 6.64. The third-order valence-electron chi connectivity index (χ3n) is 3.91. The van der Waals surface area contributed by atoms with E-state index in [2.05, 4.69) is 55.4 Å². The minimum Gasteiger partial charge on any atom is -0.309 e. The SMILES string of the molecule is CCC(NCCN(C)C1CC1)c1ccc(C)cc1. The molecular weight excluding hydrogens is 220 g/mol. The molecule has 1 aromatic rings. The van der Waals surface area contributed by atoms with E-state index in [1.54, 1.807) is 0 Å². The minimum absolute atomic E-state index is 0.498. The molecule has 0 spiro atoms. The van der Waals surface area contributed by atoms with E-state index in [0.717, 1.165) is 25.6 Å². The second-order valence-electron chi connectivity index (χ2n) is 5.54. The van der Waals surface area contributed by atoms with Crippen molar-refractivity contribution in [1.29, 1.82) is 0 Å². The van der Waals surface area contributed by atoms with E-state index in [0.29, 0.717) is 6.04 Å². The van der Waals surface area contributed by atoms with Crippen molar-refractivity contribution in [2.24, 2.45) is 0 Å². The lowest BCUT2D eigenvalue weighted by Gasteiger charge is -2.21. The van der Waals surface area contributed by atoms with Crippen molar-refractivity contribution in [3.63, 3.8) is 0 Å². The highest BCUT2D eigenvalue weighted by Gasteiger charge is 2.25. The molecule has 0 saturated heterocycles. The fourth-order valence-corrected chi connectivity index (χ4v) is 2.41. The van der Waals surface area contributed by atoms with Gasteiger partial charge in [-0.2, -0.15) is 0 Å².